The molecule has 2 aliphatic rings. The third-order valence-electron chi connectivity index (χ3n) is 6.89. The SMILES string of the molecule is Cc1ccc(-c2cc3c(c(OC[C@H]4CCCN(C)C4)c2)OCCN(C(=O)Cn2nccc2C)C3)s1. The molecule has 4 heterocycles. The summed E-state index contributed by atoms with van der Waals surface area (Å²) in [4.78, 5) is 19.9. The normalized spacial score (nSPS) is 18.6. The fraction of sp³-hybridized carbons (Fsp3) is 0.481. The monoisotopic (exact) mass is 494 g/mol. The largest absolute Gasteiger partial charge is 0.489 e. The molecule has 1 atom stereocenters. The van der Waals surface area contributed by atoms with Crippen LogP contribution in [0.3, 0.4) is 0 Å². The molecule has 1 saturated heterocycles. The van der Waals surface area contributed by atoms with Gasteiger partial charge in [0.25, 0.3) is 0 Å². The van der Waals surface area contributed by atoms with Gasteiger partial charge >= 0.3 is 0 Å². The number of amides is 1. The summed E-state index contributed by atoms with van der Waals surface area (Å²) in [5, 5.41) is 4.28. The molecular formula is C27H34N4O3S. The first-order valence-electron chi connectivity index (χ1n) is 12.4. The van der Waals surface area contributed by atoms with Crippen molar-refractivity contribution in [2.75, 3.05) is 39.9 Å². The minimum absolute atomic E-state index is 0.0401. The summed E-state index contributed by atoms with van der Waals surface area (Å²) < 4.78 is 14.4. The number of ether oxygens (including phenoxy) is 2. The van der Waals surface area contributed by atoms with Crippen LogP contribution < -0.4 is 9.47 Å². The van der Waals surface area contributed by atoms with E-state index in [-0.39, 0.29) is 12.5 Å². The van der Waals surface area contributed by atoms with E-state index in [0.717, 1.165) is 41.4 Å². The maximum absolute atomic E-state index is 13.2. The molecule has 0 N–H and O–H groups in total. The average Bonchev–Trinajstić information content (AvgIpc) is 3.38. The Morgan fingerprint density at radius 1 is 1.23 bits per heavy atom. The molecule has 7 nitrogen and oxygen atoms in total. The van der Waals surface area contributed by atoms with Crippen LogP contribution in [-0.2, 0) is 17.9 Å². The van der Waals surface area contributed by atoms with Crippen molar-refractivity contribution < 1.29 is 14.3 Å². The second-order valence-corrected chi connectivity index (χ2v) is 11.0. The molecule has 0 spiro atoms. The molecule has 186 valence electrons. The van der Waals surface area contributed by atoms with Crippen LogP contribution in [0.2, 0.25) is 0 Å². The zero-order valence-electron chi connectivity index (χ0n) is 20.8. The van der Waals surface area contributed by atoms with Gasteiger partial charge in [-0.15, -0.1) is 11.3 Å². The number of thiophene rings is 1. The van der Waals surface area contributed by atoms with E-state index in [1.165, 1.54) is 22.6 Å². The Labute approximate surface area is 211 Å². The van der Waals surface area contributed by atoms with E-state index >= 15 is 0 Å². The third kappa shape index (κ3) is 5.54. The van der Waals surface area contributed by atoms with Gasteiger partial charge in [-0.25, -0.2) is 0 Å². The highest BCUT2D eigenvalue weighted by Gasteiger charge is 2.25. The summed E-state index contributed by atoms with van der Waals surface area (Å²) in [5.74, 6) is 2.11. The van der Waals surface area contributed by atoms with Crippen LogP contribution in [0, 0.1) is 19.8 Å². The van der Waals surface area contributed by atoms with Crippen molar-refractivity contribution in [1.82, 2.24) is 19.6 Å². The minimum atomic E-state index is 0.0401. The molecule has 2 aromatic heterocycles. The van der Waals surface area contributed by atoms with Crippen molar-refractivity contribution in [3.63, 3.8) is 0 Å². The maximum atomic E-state index is 13.2. The van der Waals surface area contributed by atoms with E-state index in [4.69, 9.17) is 9.47 Å². The number of nitrogens with zero attached hydrogens (tertiary/aromatic N) is 4. The number of likely N-dealkylation sites (tertiary alicyclic amines) is 1. The predicted molar refractivity (Wildman–Crippen MR) is 138 cm³/mol. The van der Waals surface area contributed by atoms with Gasteiger partial charge in [0.2, 0.25) is 5.91 Å². The maximum Gasteiger partial charge on any atom is 0.244 e. The number of benzene rings is 1. The highest BCUT2D eigenvalue weighted by Crippen LogP contribution is 2.40. The van der Waals surface area contributed by atoms with Crippen molar-refractivity contribution >= 4 is 17.2 Å². The van der Waals surface area contributed by atoms with Gasteiger partial charge in [0.05, 0.1) is 13.2 Å². The van der Waals surface area contributed by atoms with E-state index in [1.54, 1.807) is 22.2 Å². The summed E-state index contributed by atoms with van der Waals surface area (Å²) in [7, 11) is 2.18. The summed E-state index contributed by atoms with van der Waals surface area (Å²) in [6.07, 6.45) is 4.12. The Balaban J connectivity index is 1.41. The highest BCUT2D eigenvalue weighted by atomic mass is 32.1. The molecule has 0 unspecified atom stereocenters. The van der Waals surface area contributed by atoms with Gasteiger partial charge in [-0.3, -0.25) is 9.48 Å². The third-order valence-corrected chi connectivity index (χ3v) is 7.94. The molecule has 35 heavy (non-hydrogen) atoms. The van der Waals surface area contributed by atoms with Crippen molar-refractivity contribution in [1.29, 1.82) is 0 Å². The molecule has 5 rings (SSSR count). The topological polar surface area (TPSA) is 59.8 Å². The van der Waals surface area contributed by atoms with Crippen LogP contribution in [0.5, 0.6) is 11.5 Å². The second kappa shape index (κ2) is 10.4. The zero-order chi connectivity index (χ0) is 24.4. The van der Waals surface area contributed by atoms with Crippen LogP contribution >= 0.6 is 11.3 Å². The van der Waals surface area contributed by atoms with Crippen LogP contribution in [0.1, 0.15) is 29.0 Å². The van der Waals surface area contributed by atoms with Crippen LogP contribution in [0.15, 0.2) is 36.5 Å². The van der Waals surface area contributed by atoms with E-state index in [1.807, 2.05) is 17.9 Å². The molecule has 0 bridgehead atoms. The smallest absolute Gasteiger partial charge is 0.244 e. The van der Waals surface area contributed by atoms with Gasteiger partial charge in [0.1, 0.15) is 13.2 Å². The molecule has 0 radical (unpaired) electrons. The fourth-order valence-electron chi connectivity index (χ4n) is 4.95. The van der Waals surface area contributed by atoms with Crippen molar-refractivity contribution in [2.24, 2.45) is 5.92 Å². The molecule has 0 saturated carbocycles. The Morgan fingerprint density at radius 3 is 2.86 bits per heavy atom. The van der Waals surface area contributed by atoms with Crippen molar-refractivity contribution in [2.45, 2.75) is 39.8 Å². The Bertz CT molecular complexity index is 1190. The summed E-state index contributed by atoms with van der Waals surface area (Å²) >= 11 is 1.77. The van der Waals surface area contributed by atoms with Gasteiger partial charge in [-0.1, -0.05) is 0 Å². The summed E-state index contributed by atoms with van der Waals surface area (Å²) in [6, 6.07) is 10.5. The first-order valence-corrected chi connectivity index (χ1v) is 13.2. The second-order valence-electron chi connectivity index (χ2n) is 9.75. The average molecular weight is 495 g/mol. The lowest BCUT2D eigenvalue weighted by Gasteiger charge is -2.29. The fourth-order valence-corrected chi connectivity index (χ4v) is 5.80. The lowest BCUT2D eigenvalue weighted by atomic mass is 9.99. The van der Waals surface area contributed by atoms with Crippen molar-refractivity contribution in [3.05, 3.63) is 52.7 Å². The molecule has 2 aliphatic heterocycles. The minimum Gasteiger partial charge on any atom is -0.489 e. The Hall–Kier alpha value is -2.84. The molecule has 8 heteroatoms. The molecule has 1 amide bonds. The summed E-state index contributed by atoms with van der Waals surface area (Å²) in [6.45, 7) is 8.68. The zero-order valence-corrected chi connectivity index (χ0v) is 21.6. The number of aryl methyl sites for hydroxylation is 2. The lowest BCUT2D eigenvalue weighted by molar-refractivity contribution is -0.132. The van der Waals surface area contributed by atoms with E-state index in [0.29, 0.717) is 32.2 Å². The van der Waals surface area contributed by atoms with E-state index in [9.17, 15) is 4.79 Å². The van der Waals surface area contributed by atoms with Crippen LogP contribution in [0.25, 0.3) is 10.4 Å². The van der Waals surface area contributed by atoms with Gasteiger partial charge in [-0.2, -0.15) is 5.10 Å². The predicted octanol–water partition coefficient (Wildman–Crippen LogP) is 4.37. The van der Waals surface area contributed by atoms with Crippen LogP contribution in [0.4, 0.5) is 0 Å². The van der Waals surface area contributed by atoms with Gasteiger partial charge in [0.15, 0.2) is 11.5 Å². The van der Waals surface area contributed by atoms with Crippen molar-refractivity contribution in [3.8, 4) is 21.9 Å². The molecule has 1 aromatic carbocycles. The number of hydrogen-bond acceptors (Lipinski definition) is 6. The van der Waals surface area contributed by atoms with E-state index < -0.39 is 0 Å². The first-order chi connectivity index (χ1) is 17.0. The van der Waals surface area contributed by atoms with Crippen LogP contribution in [-0.4, -0.2) is 65.4 Å². The molecule has 0 aliphatic carbocycles. The Morgan fingerprint density at radius 2 is 2.11 bits per heavy atom. The number of piperidine rings is 1. The standard InChI is InChI=1S/C27H34N4O3S/c1-19-8-9-28-31(19)17-26(32)30-11-12-33-27-23(16-30)13-22(25-7-6-20(2)35-25)14-24(27)34-18-21-5-4-10-29(3)15-21/h6-9,13-14,21H,4-5,10-12,15-18H2,1-3H3/t21-/m0/s1. The lowest BCUT2D eigenvalue weighted by Crippen LogP contribution is -2.35. The highest BCUT2D eigenvalue weighted by molar-refractivity contribution is 7.15. The quantitative estimate of drug-likeness (QED) is 0.509. The number of rotatable bonds is 6. The summed E-state index contributed by atoms with van der Waals surface area (Å²) in [5.41, 5.74) is 3.08. The number of aromatic nitrogens is 2. The molecule has 3 aromatic rings. The van der Waals surface area contributed by atoms with Gasteiger partial charge in [0, 0.05) is 46.2 Å². The number of carbonyl (C=O) groups excluding carboxylic acids is 1. The number of hydrogen-bond donors (Lipinski definition) is 0. The Kier molecular flexibility index (Phi) is 7.11. The van der Waals surface area contributed by atoms with Gasteiger partial charge in [-0.05, 0) is 76.2 Å². The van der Waals surface area contributed by atoms with Gasteiger partial charge < -0.3 is 19.3 Å². The number of fused-ring (bicyclic) bond motifs is 1. The van der Waals surface area contributed by atoms with E-state index in [2.05, 4.69) is 48.2 Å². The molecule has 1 fully saturated rings. The number of carbonyl (C=O) groups is 1. The molecular weight excluding hydrogens is 460 g/mol. The first kappa shape index (κ1) is 23.9.